The zero-order chi connectivity index (χ0) is 16.8. The highest BCUT2D eigenvalue weighted by Gasteiger charge is 2.26. The number of allylic oxidation sites excluding steroid dienone is 1. The lowest BCUT2D eigenvalue weighted by atomic mass is 9.88. The molecule has 1 aliphatic rings. The predicted molar refractivity (Wildman–Crippen MR) is 99.1 cm³/mol. The van der Waals surface area contributed by atoms with Crippen LogP contribution >= 0.6 is 11.8 Å². The standard InChI is InChI=1S/C19H34O3S/c1-2-3-4-9-13-22-14-12-18-16-23-15-17(18)10-7-5-6-8-11-19(20)21/h8,11,17-18H,2-7,9-10,12-16H2,1H3,(H,20,21). The zero-order valence-corrected chi connectivity index (χ0v) is 15.5. The van der Waals surface area contributed by atoms with E-state index in [0.717, 1.165) is 37.9 Å². The van der Waals surface area contributed by atoms with Crippen LogP contribution in [0.4, 0.5) is 0 Å². The van der Waals surface area contributed by atoms with Gasteiger partial charge in [0.1, 0.15) is 0 Å². The number of hydrogen-bond acceptors (Lipinski definition) is 3. The van der Waals surface area contributed by atoms with Gasteiger partial charge in [0.15, 0.2) is 0 Å². The highest BCUT2D eigenvalue weighted by molar-refractivity contribution is 7.99. The molecular formula is C19H34O3S. The number of thioether (sulfide) groups is 1. The molecule has 1 aliphatic heterocycles. The van der Waals surface area contributed by atoms with Crippen molar-refractivity contribution < 1.29 is 14.6 Å². The molecular weight excluding hydrogens is 308 g/mol. The van der Waals surface area contributed by atoms with E-state index in [4.69, 9.17) is 9.84 Å². The minimum absolute atomic E-state index is 0.824. The highest BCUT2D eigenvalue weighted by Crippen LogP contribution is 2.35. The van der Waals surface area contributed by atoms with Gasteiger partial charge in [0.05, 0.1) is 0 Å². The van der Waals surface area contributed by atoms with Crippen molar-refractivity contribution in [3.63, 3.8) is 0 Å². The molecule has 2 atom stereocenters. The second-order valence-corrected chi connectivity index (χ2v) is 7.62. The first kappa shape index (κ1) is 20.6. The number of unbranched alkanes of at least 4 members (excludes halogenated alkanes) is 5. The molecule has 0 aromatic carbocycles. The summed E-state index contributed by atoms with van der Waals surface area (Å²) >= 11 is 2.09. The third kappa shape index (κ3) is 10.8. The summed E-state index contributed by atoms with van der Waals surface area (Å²) in [7, 11) is 0. The van der Waals surface area contributed by atoms with Crippen LogP contribution in [0, 0.1) is 11.8 Å². The van der Waals surface area contributed by atoms with Crippen LogP contribution in [-0.4, -0.2) is 35.8 Å². The molecule has 1 rings (SSSR count). The number of carbonyl (C=O) groups is 1. The van der Waals surface area contributed by atoms with E-state index in [1.807, 2.05) is 0 Å². The fourth-order valence-electron chi connectivity index (χ4n) is 3.10. The molecule has 3 nitrogen and oxygen atoms in total. The smallest absolute Gasteiger partial charge is 0.327 e. The average molecular weight is 343 g/mol. The molecule has 0 radical (unpaired) electrons. The van der Waals surface area contributed by atoms with Gasteiger partial charge in [-0.15, -0.1) is 0 Å². The number of rotatable bonds is 14. The Morgan fingerprint density at radius 3 is 2.61 bits per heavy atom. The summed E-state index contributed by atoms with van der Waals surface area (Å²) in [6.07, 6.45) is 13.8. The summed E-state index contributed by atoms with van der Waals surface area (Å²) in [5.41, 5.74) is 0. The van der Waals surface area contributed by atoms with Crippen molar-refractivity contribution in [1.82, 2.24) is 0 Å². The van der Waals surface area contributed by atoms with Crippen molar-refractivity contribution in [1.29, 1.82) is 0 Å². The Morgan fingerprint density at radius 1 is 1.09 bits per heavy atom. The van der Waals surface area contributed by atoms with E-state index in [1.165, 1.54) is 62.5 Å². The van der Waals surface area contributed by atoms with Crippen LogP contribution < -0.4 is 0 Å². The zero-order valence-electron chi connectivity index (χ0n) is 14.7. The minimum Gasteiger partial charge on any atom is -0.478 e. The summed E-state index contributed by atoms with van der Waals surface area (Å²) in [6, 6.07) is 0. The second-order valence-electron chi connectivity index (χ2n) is 6.54. The summed E-state index contributed by atoms with van der Waals surface area (Å²) in [4.78, 5) is 10.4. The lowest BCUT2D eigenvalue weighted by Gasteiger charge is -2.18. The molecule has 1 heterocycles. The van der Waals surface area contributed by atoms with Gasteiger partial charge >= 0.3 is 5.97 Å². The monoisotopic (exact) mass is 342 g/mol. The first-order valence-corrected chi connectivity index (χ1v) is 10.4. The molecule has 0 aliphatic carbocycles. The lowest BCUT2D eigenvalue weighted by Crippen LogP contribution is -2.15. The van der Waals surface area contributed by atoms with Crippen LogP contribution in [0.5, 0.6) is 0 Å². The van der Waals surface area contributed by atoms with E-state index in [-0.39, 0.29) is 0 Å². The van der Waals surface area contributed by atoms with E-state index < -0.39 is 5.97 Å². The van der Waals surface area contributed by atoms with E-state index in [0.29, 0.717) is 0 Å². The molecule has 0 aromatic rings. The summed E-state index contributed by atoms with van der Waals surface area (Å²) in [6.45, 7) is 4.09. The van der Waals surface area contributed by atoms with Gasteiger partial charge in [-0.2, -0.15) is 11.8 Å². The molecule has 0 bridgehead atoms. The number of hydrogen-bond donors (Lipinski definition) is 1. The normalized spacial score (nSPS) is 21.3. The second kappa shape index (κ2) is 13.9. The molecule has 1 fully saturated rings. The topological polar surface area (TPSA) is 46.5 Å². The number of carboxylic acid groups (broad SMARTS) is 1. The fourth-order valence-corrected chi connectivity index (χ4v) is 4.72. The Morgan fingerprint density at radius 2 is 1.87 bits per heavy atom. The van der Waals surface area contributed by atoms with Gasteiger partial charge in [0.2, 0.25) is 0 Å². The van der Waals surface area contributed by atoms with Crippen molar-refractivity contribution >= 4 is 17.7 Å². The molecule has 0 saturated carbocycles. The lowest BCUT2D eigenvalue weighted by molar-refractivity contribution is -0.131. The Kier molecular flexibility index (Phi) is 12.4. The molecule has 0 amide bonds. The highest BCUT2D eigenvalue weighted by atomic mass is 32.2. The quantitative estimate of drug-likeness (QED) is 0.350. The van der Waals surface area contributed by atoms with Gasteiger partial charge in [-0.3, -0.25) is 0 Å². The first-order chi connectivity index (χ1) is 11.2. The summed E-state index contributed by atoms with van der Waals surface area (Å²) in [5, 5.41) is 8.54. The molecule has 0 spiro atoms. The minimum atomic E-state index is -0.841. The molecule has 134 valence electrons. The van der Waals surface area contributed by atoms with Crippen molar-refractivity contribution in [2.24, 2.45) is 11.8 Å². The maximum absolute atomic E-state index is 10.4. The Labute approximate surface area is 146 Å². The molecule has 1 N–H and O–H groups in total. The van der Waals surface area contributed by atoms with Crippen LogP contribution in [0.1, 0.15) is 64.7 Å². The predicted octanol–water partition coefficient (Wildman–Crippen LogP) is 5.15. The van der Waals surface area contributed by atoms with Gasteiger partial charge in [-0.1, -0.05) is 38.7 Å². The number of carboxylic acids is 1. The fraction of sp³-hybridized carbons (Fsp3) is 0.842. The van der Waals surface area contributed by atoms with Crippen LogP contribution in [-0.2, 0) is 9.53 Å². The van der Waals surface area contributed by atoms with E-state index in [2.05, 4.69) is 18.7 Å². The first-order valence-electron chi connectivity index (χ1n) is 9.29. The molecule has 1 saturated heterocycles. The van der Waals surface area contributed by atoms with E-state index in [9.17, 15) is 4.79 Å². The maximum atomic E-state index is 10.4. The molecule has 2 unspecified atom stereocenters. The van der Waals surface area contributed by atoms with Crippen LogP contribution in [0.15, 0.2) is 12.2 Å². The largest absolute Gasteiger partial charge is 0.478 e. The molecule has 0 aromatic heterocycles. The number of aliphatic carboxylic acids is 1. The van der Waals surface area contributed by atoms with Gasteiger partial charge in [0, 0.05) is 19.3 Å². The molecule has 23 heavy (non-hydrogen) atoms. The van der Waals surface area contributed by atoms with Crippen LogP contribution in [0.25, 0.3) is 0 Å². The maximum Gasteiger partial charge on any atom is 0.327 e. The van der Waals surface area contributed by atoms with Crippen molar-refractivity contribution in [2.45, 2.75) is 64.7 Å². The summed E-state index contributed by atoms with van der Waals surface area (Å²) in [5.74, 6) is 3.42. The Hall–Kier alpha value is -0.480. The van der Waals surface area contributed by atoms with Crippen LogP contribution in [0.2, 0.25) is 0 Å². The number of ether oxygens (including phenoxy) is 1. The Bertz CT molecular complexity index is 331. The van der Waals surface area contributed by atoms with Gasteiger partial charge < -0.3 is 9.84 Å². The summed E-state index contributed by atoms with van der Waals surface area (Å²) < 4.78 is 5.80. The van der Waals surface area contributed by atoms with Crippen molar-refractivity contribution in [2.75, 3.05) is 24.7 Å². The Balaban J connectivity index is 2.01. The van der Waals surface area contributed by atoms with Crippen LogP contribution in [0.3, 0.4) is 0 Å². The van der Waals surface area contributed by atoms with Crippen molar-refractivity contribution in [3.8, 4) is 0 Å². The van der Waals surface area contributed by atoms with E-state index >= 15 is 0 Å². The van der Waals surface area contributed by atoms with Crippen molar-refractivity contribution in [3.05, 3.63) is 12.2 Å². The molecule has 4 heteroatoms. The van der Waals surface area contributed by atoms with E-state index in [1.54, 1.807) is 6.08 Å². The third-order valence-electron chi connectivity index (χ3n) is 4.56. The third-order valence-corrected chi connectivity index (χ3v) is 5.89. The van der Waals surface area contributed by atoms with Gasteiger partial charge in [-0.25, -0.2) is 4.79 Å². The average Bonchev–Trinajstić information content (AvgIpc) is 2.97. The van der Waals surface area contributed by atoms with Gasteiger partial charge in [-0.05, 0) is 55.4 Å². The SMILES string of the molecule is CCCCCCOCCC1CSCC1CCCCC=CC(=O)O. The van der Waals surface area contributed by atoms with Gasteiger partial charge in [0.25, 0.3) is 0 Å².